The van der Waals surface area contributed by atoms with E-state index in [4.69, 9.17) is 5.11 Å². The molecule has 0 bridgehead atoms. The summed E-state index contributed by atoms with van der Waals surface area (Å²) >= 11 is 3.55. The Labute approximate surface area is 117 Å². The third-order valence-electron chi connectivity index (χ3n) is 3.10. The average molecular weight is 314 g/mol. The lowest BCUT2D eigenvalue weighted by molar-refractivity contribution is -0.137. The number of hydrogen-bond acceptors (Lipinski definition) is 2. The van der Waals surface area contributed by atoms with Crippen LogP contribution in [0.5, 0.6) is 0 Å². The predicted molar refractivity (Wildman–Crippen MR) is 76.7 cm³/mol. The smallest absolute Gasteiger partial charge is 0.304 e. The number of carboxylic acid groups (broad SMARTS) is 1. The molecule has 100 valence electrons. The minimum Gasteiger partial charge on any atom is -0.481 e. The van der Waals surface area contributed by atoms with Gasteiger partial charge in [0.1, 0.15) is 0 Å². The second kappa shape index (κ2) is 6.90. The van der Waals surface area contributed by atoms with Crippen molar-refractivity contribution in [1.82, 2.24) is 4.90 Å². The Morgan fingerprint density at radius 2 is 1.94 bits per heavy atom. The zero-order valence-corrected chi connectivity index (χ0v) is 12.6. The third-order valence-corrected chi connectivity index (χ3v) is 3.82. The molecule has 1 aromatic rings. The second-order valence-corrected chi connectivity index (χ2v) is 5.53. The molecule has 4 heteroatoms. The second-order valence-electron chi connectivity index (χ2n) is 4.67. The number of hydrogen-bond donors (Lipinski definition) is 1. The van der Waals surface area contributed by atoms with E-state index in [1.54, 1.807) is 0 Å². The van der Waals surface area contributed by atoms with Crippen LogP contribution in [0.4, 0.5) is 0 Å². The summed E-state index contributed by atoms with van der Waals surface area (Å²) in [5.74, 6) is -0.750. The standard InChI is InChI=1S/C14H20BrNO2/c1-10(2)16(9-8-14(17)18)11(3)12-6-4-5-7-13(12)15/h4-7,10-11H,8-9H2,1-3H3,(H,17,18). The highest BCUT2D eigenvalue weighted by atomic mass is 79.9. The van der Waals surface area contributed by atoms with Gasteiger partial charge in [-0.1, -0.05) is 34.1 Å². The predicted octanol–water partition coefficient (Wildman–Crippen LogP) is 3.70. The third kappa shape index (κ3) is 4.10. The Morgan fingerprint density at radius 3 is 2.44 bits per heavy atom. The van der Waals surface area contributed by atoms with Crippen molar-refractivity contribution in [1.29, 1.82) is 0 Å². The van der Waals surface area contributed by atoms with E-state index in [2.05, 4.69) is 47.7 Å². The maximum absolute atomic E-state index is 10.7. The monoisotopic (exact) mass is 313 g/mol. The van der Waals surface area contributed by atoms with Gasteiger partial charge < -0.3 is 5.11 Å². The molecule has 1 aromatic carbocycles. The molecule has 0 aliphatic carbocycles. The van der Waals surface area contributed by atoms with Crippen molar-refractivity contribution < 1.29 is 9.90 Å². The van der Waals surface area contributed by atoms with Gasteiger partial charge in [-0.05, 0) is 32.4 Å². The number of carbonyl (C=O) groups is 1. The summed E-state index contributed by atoms with van der Waals surface area (Å²) in [7, 11) is 0. The molecule has 0 saturated heterocycles. The molecule has 0 spiro atoms. The molecule has 0 saturated carbocycles. The largest absolute Gasteiger partial charge is 0.481 e. The van der Waals surface area contributed by atoms with Crippen LogP contribution >= 0.6 is 15.9 Å². The molecule has 0 heterocycles. The van der Waals surface area contributed by atoms with Crippen molar-refractivity contribution in [3.05, 3.63) is 34.3 Å². The number of halogens is 1. The molecule has 18 heavy (non-hydrogen) atoms. The van der Waals surface area contributed by atoms with Gasteiger partial charge in [0.2, 0.25) is 0 Å². The Balaban J connectivity index is 2.86. The maximum Gasteiger partial charge on any atom is 0.304 e. The van der Waals surface area contributed by atoms with Gasteiger partial charge in [-0.25, -0.2) is 0 Å². The van der Waals surface area contributed by atoms with E-state index >= 15 is 0 Å². The van der Waals surface area contributed by atoms with Crippen LogP contribution < -0.4 is 0 Å². The molecule has 3 nitrogen and oxygen atoms in total. The molecule has 0 radical (unpaired) electrons. The molecule has 1 rings (SSSR count). The molecule has 0 fully saturated rings. The number of benzene rings is 1. The van der Waals surface area contributed by atoms with Crippen LogP contribution in [0.3, 0.4) is 0 Å². The summed E-state index contributed by atoms with van der Waals surface area (Å²) in [6, 6.07) is 8.59. The van der Waals surface area contributed by atoms with Crippen molar-refractivity contribution in [3.63, 3.8) is 0 Å². The van der Waals surface area contributed by atoms with Crippen LogP contribution in [0, 0.1) is 0 Å². The Morgan fingerprint density at radius 1 is 1.33 bits per heavy atom. The van der Waals surface area contributed by atoms with Crippen LogP contribution in [0.1, 0.15) is 38.8 Å². The van der Waals surface area contributed by atoms with Crippen LogP contribution in [0.2, 0.25) is 0 Å². The number of aliphatic carboxylic acids is 1. The molecular weight excluding hydrogens is 294 g/mol. The first-order chi connectivity index (χ1) is 8.43. The minimum absolute atomic E-state index is 0.174. The fourth-order valence-corrected chi connectivity index (χ4v) is 2.73. The quantitative estimate of drug-likeness (QED) is 0.870. The van der Waals surface area contributed by atoms with Gasteiger partial charge in [-0.15, -0.1) is 0 Å². The van der Waals surface area contributed by atoms with Crippen molar-refractivity contribution in [2.45, 2.75) is 39.3 Å². The highest BCUT2D eigenvalue weighted by Gasteiger charge is 2.20. The molecule has 0 aliphatic rings. The molecule has 1 unspecified atom stereocenters. The number of nitrogens with zero attached hydrogens (tertiary/aromatic N) is 1. The van der Waals surface area contributed by atoms with Crippen molar-refractivity contribution in [2.24, 2.45) is 0 Å². The summed E-state index contributed by atoms with van der Waals surface area (Å²) in [6.45, 7) is 6.86. The van der Waals surface area contributed by atoms with Crippen LogP contribution in [0.25, 0.3) is 0 Å². The fourth-order valence-electron chi connectivity index (χ4n) is 2.12. The van der Waals surface area contributed by atoms with Crippen molar-refractivity contribution >= 4 is 21.9 Å². The zero-order valence-electron chi connectivity index (χ0n) is 11.1. The van der Waals surface area contributed by atoms with E-state index in [1.807, 2.05) is 18.2 Å². The minimum atomic E-state index is -0.750. The van der Waals surface area contributed by atoms with Gasteiger partial charge in [0.05, 0.1) is 6.42 Å². The van der Waals surface area contributed by atoms with Gasteiger partial charge in [0.25, 0.3) is 0 Å². The topological polar surface area (TPSA) is 40.5 Å². The van der Waals surface area contributed by atoms with Gasteiger partial charge in [-0.2, -0.15) is 0 Å². The van der Waals surface area contributed by atoms with Crippen LogP contribution in [-0.4, -0.2) is 28.6 Å². The Hall–Kier alpha value is -0.870. The van der Waals surface area contributed by atoms with E-state index < -0.39 is 5.97 Å². The van der Waals surface area contributed by atoms with E-state index in [1.165, 1.54) is 5.56 Å². The highest BCUT2D eigenvalue weighted by molar-refractivity contribution is 9.10. The summed E-state index contributed by atoms with van der Waals surface area (Å²) in [5.41, 5.74) is 1.19. The zero-order chi connectivity index (χ0) is 13.7. The summed E-state index contributed by atoms with van der Waals surface area (Å²) < 4.78 is 1.07. The SMILES string of the molecule is CC(C)N(CCC(=O)O)C(C)c1ccccc1Br. The molecule has 1 N–H and O–H groups in total. The molecule has 0 aromatic heterocycles. The summed E-state index contributed by atoms with van der Waals surface area (Å²) in [5, 5.41) is 8.82. The lowest BCUT2D eigenvalue weighted by Crippen LogP contribution is -2.35. The van der Waals surface area contributed by atoms with Gasteiger partial charge >= 0.3 is 5.97 Å². The van der Waals surface area contributed by atoms with Crippen LogP contribution in [0.15, 0.2) is 28.7 Å². The van der Waals surface area contributed by atoms with Crippen molar-refractivity contribution in [3.8, 4) is 0 Å². The molecule has 0 aliphatic heterocycles. The normalized spacial score (nSPS) is 13.0. The van der Waals surface area contributed by atoms with E-state index in [0.29, 0.717) is 12.6 Å². The number of carboxylic acids is 1. The Bertz CT molecular complexity index is 407. The lowest BCUT2D eigenvalue weighted by Gasteiger charge is -2.33. The average Bonchev–Trinajstić information content (AvgIpc) is 2.28. The lowest BCUT2D eigenvalue weighted by atomic mass is 10.1. The summed E-state index contributed by atoms with van der Waals surface area (Å²) in [6.07, 6.45) is 0.174. The van der Waals surface area contributed by atoms with E-state index in [0.717, 1.165) is 4.47 Å². The van der Waals surface area contributed by atoms with Gasteiger partial charge in [-0.3, -0.25) is 9.69 Å². The fraction of sp³-hybridized carbons (Fsp3) is 0.500. The first kappa shape index (κ1) is 15.2. The molecule has 1 atom stereocenters. The van der Waals surface area contributed by atoms with Crippen molar-refractivity contribution in [2.75, 3.05) is 6.54 Å². The molecule has 0 amide bonds. The Kier molecular flexibility index (Phi) is 5.82. The highest BCUT2D eigenvalue weighted by Crippen LogP contribution is 2.28. The van der Waals surface area contributed by atoms with E-state index in [9.17, 15) is 4.79 Å². The van der Waals surface area contributed by atoms with Gasteiger partial charge in [0, 0.05) is 23.1 Å². The summed E-state index contributed by atoms with van der Waals surface area (Å²) in [4.78, 5) is 12.9. The first-order valence-electron chi connectivity index (χ1n) is 6.15. The van der Waals surface area contributed by atoms with E-state index in [-0.39, 0.29) is 12.5 Å². The maximum atomic E-state index is 10.7. The van der Waals surface area contributed by atoms with Gasteiger partial charge in [0.15, 0.2) is 0 Å². The molecular formula is C14H20BrNO2. The number of rotatable bonds is 6. The van der Waals surface area contributed by atoms with Crippen LogP contribution in [-0.2, 0) is 4.79 Å². The first-order valence-corrected chi connectivity index (χ1v) is 6.94.